The first-order chi connectivity index (χ1) is 9.08. The number of hydrogen-bond acceptors (Lipinski definition) is 3. The number of carbonyl (C=O) groups is 1. The van der Waals surface area contributed by atoms with E-state index in [4.69, 9.17) is 4.42 Å². The summed E-state index contributed by atoms with van der Waals surface area (Å²) in [6.45, 7) is 1.89. The molecule has 0 saturated heterocycles. The molecular weight excluding hydrogens is 312 g/mol. The van der Waals surface area contributed by atoms with Gasteiger partial charge in [0.15, 0.2) is 17.1 Å². The van der Waals surface area contributed by atoms with Crippen LogP contribution in [0.5, 0.6) is 0 Å². The number of pyridine rings is 1. The summed E-state index contributed by atoms with van der Waals surface area (Å²) in [6.07, 6.45) is 3.23. The Balaban J connectivity index is 2.43. The fraction of sp³-hybridized carbons (Fsp3) is 0.0769. The number of halogens is 1. The molecule has 0 fully saturated rings. The molecule has 3 aromatic rings. The summed E-state index contributed by atoms with van der Waals surface area (Å²) in [5, 5.41) is 9.42. The Labute approximate surface area is 116 Å². The second-order valence-corrected chi connectivity index (χ2v) is 5.00. The Morgan fingerprint density at radius 3 is 2.95 bits per heavy atom. The van der Waals surface area contributed by atoms with Gasteiger partial charge in [0.2, 0.25) is 0 Å². The Hall–Kier alpha value is -2.08. The van der Waals surface area contributed by atoms with Crippen molar-refractivity contribution in [3.8, 4) is 11.5 Å². The topological polar surface area (TPSA) is 67.7 Å². The molecule has 0 aliphatic heterocycles. The van der Waals surface area contributed by atoms with Crippen LogP contribution in [0.15, 0.2) is 39.5 Å². The summed E-state index contributed by atoms with van der Waals surface area (Å²) in [6, 6.07) is 5.28. The first-order valence-electron chi connectivity index (χ1n) is 5.53. The van der Waals surface area contributed by atoms with E-state index in [0.29, 0.717) is 17.1 Å². The highest BCUT2D eigenvalue weighted by Gasteiger charge is 2.22. The number of aromatic carboxylic acids is 1. The summed E-state index contributed by atoms with van der Waals surface area (Å²) < 4.78 is 7.55. The van der Waals surface area contributed by atoms with Crippen molar-refractivity contribution in [2.45, 2.75) is 6.92 Å². The van der Waals surface area contributed by atoms with Crippen molar-refractivity contribution < 1.29 is 14.3 Å². The molecular formula is C13H9BrN2O3. The normalized spacial score (nSPS) is 11.1. The number of fused-ring (bicyclic) bond motifs is 1. The number of rotatable bonds is 2. The predicted molar refractivity (Wildman–Crippen MR) is 72.3 cm³/mol. The molecule has 96 valence electrons. The van der Waals surface area contributed by atoms with Crippen molar-refractivity contribution in [2.75, 3.05) is 0 Å². The minimum absolute atomic E-state index is 0.0920. The molecule has 6 heteroatoms. The van der Waals surface area contributed by atoms with Crippen LogP contribution in [0.1, 0.15) is 16.1 Å². The third kappa shape index (κ3) is 1.84. The standard InChI is InChI=1S/C13H9BrN2O3/c1-7-5-8(14)12-15-10(9-3-2-4-19-9)11(13(17)18)16(12)6-7/h2-6H,1H3,(H,17,18). The third-order valence-corrected chi connectivity index (χ3v) is 3.35. The Kier molecular flexibility index (Phi) is 2.67. The van der Waals surface area contributed by atoms with Gasteiger partial charge >= 0.3 is 5.97 Å². The highest BCUT2D eigenvalue weighted by Crippen LogP contribution is 2.28. The van der Waals surface area contributed by atoms with Crippen LogP contribution >= 0.6 is 15.9 Å². The molecule has 0 unspecified atom stereocenters. The lowest BCUT2D eigenvalue weighted by Crippen LogP contribution is -2.03. The number of carboxylic acid groups (broad SMARTS) is 1. The Morgan fingerprint density at radius 2 is 2.32 bits per heavy atom. The van der Waals surface area contributed by atoms with Gasteiger partial charge in [0, 0.05) is 6.20 Å². The SMILES string of the molecule is Cc1cc(Br)c2nc(-c3ccco3)c(C(=O)O)n2c1. The quantitative estimate of drug-likeness (QED) is 0.786. The van der Waals surface area contributed by atoms with Crippen LogP contribution in [-0.2, 0) is 0 Å². The van der Waals surface area contributed by atoms with E-state index in [9.17, 15) is 9.90 Å². The fourth-order valence-electron chi connectivity index (χ4n) is 2.02. The first-order valence-corrected chi connectivity index (χ1v) is 6.32. The van der Waals surface area contributed by atoms with Crippen LogP contribution in [0.4, 0.5) is 0 Å². The number of imidazole rings is 1. The summed E-state index contributed by atoms with van der Waals surface area (Å²) in [5.74, 6) is -0.609. The third-order valence-electron chi connectivity index (χ3n) is 2.77. The number of nitrogens with zero attached hydrogens (tertiary/aromatic N) is 2. The average molecular weight is 321 g/mol. The number of aromatic nitrogens is 2. The van der Waals surface area contributed by atoms with Gasteiger partial charge in [0.1, 0.15) is 5.69 Å². The van der Waals surface area contributed by atoms with Gasteiger partial charge < -0.3 is 9.52 Å². The number of carboxylic acids is 1. The second-order valence-electron chi connectivity index (χ2n) is 4.15. The van der Waals surface area contributed by atoms with Gasteiger partial charge in [-0.1, -0.05) is 0 Å². The van der Waals surface area contributed by atoms with Crippen molar-refractivity contribution in [3.05, 3.63) is 46.4 Å². The van der Waals surface area contributed by atoms with Crippen molar-refractivity contribution >= 4 is 27.5 Å². The van der Waals surface area contributed by atoms with Crippen molar-refractivity contribution in [2.24, 2.45) is 0 Å². The van der Waals surface area contributed by atoms with Crippen LogP contribution < -0.4 is 0 Å². The van der Waals surface area contributed by atoms with Gasteiger partial charge in [-0.25, -0.2) is 9.78 Å². The van der Waals surface area contributed by atoms with Gasteiger partial charge in [0.25, 0.3) is 0 Å². The monoisotopic (exact) mass is 320 g/mol. The maximum absolute atomic E-state index is 11.5. The van der Waals surface area contributed by atoms with Crippen LogP contribution in [0, 0.1) is 6.92 Å². The summed E-state index contributed by atoms with van der Waals surface area (Å²) >= 11 is 3.40. The van der Waals surface area contributed by atoms with Gasteiger partial charge in [-0.2, -0.15) is 0 Å². The molecule has 3 rings (SSSR count). The van der Waals surface area contributed by atoms with Crippen LogP contribution in [0.3, 0.4) is 0 Å². The van der Waals surface area contributed by atoms with Crippen LogP contribution in [0.25, 0.3) is 17.1 Å². The highest BCUT2D eigenvalue weighted by atomic mass is 79.9. The molecule has 1 N–H and O–H groups in total. The van der Waals surface area contributed by atoms with Gasteiger partial charge in [-0.3, -0.25) is 4.40 Å². The van der Waals surface area contributed by atoms with E-state index in [-0.39, 0.29) is 5.69 Å². The zero-order valence-corrected chi connectivity index (χ0v) is 11.5. The van der Waals surface area contributed by atoms with E-state index in [1.165, 1.54) is 6.26 Å². The van der Waals surface area contributed by atoms with E-state index in [1.54, 1.807) is 22.7 Å². The number of aryl methyl sites for hydroxylation is 1. The molecule has 0 spiro atoms. The minimum atomic E-state index is -1.04. The van der Waals surface area contributed by atoms with Crippen molar-refractivity contribution in [3.63, 3.8) is 0 Å². The Bertz CT molecular complexity index is 775. The average Bonchev–Trinajstić information content (AvgIpc) is 2.92. The van der Waals surface area contributed by atoms with E-state index in [2.05, 4.69) is 20.9 Å². The molecule has 0 atom stereocenters. The molecule has 0 saturated carbocycles. The molecule has 0 bridgehead atoms. The van der Waals surface area contributed by atoms with E-state index in [0.717, 1.165) is 10.0 Å². The van der Waals surface area contributed by atoms with Gasteiger partial charge in [0.05, 0.1) is 10.7 Å². The Morgan fingerprint density at radius 1 is 1.53 bits per heavy atom. The fourth-order valence-corrected chi connectivity index (χ4v) is 2.66. The van der Waals surface area contributed by atoms with Crippen molar-refractivity contribution in [1.82, 2.24) is 9.38 Å². The lowest BCUT2D eigenvalue weighted by atomic mass is 10.2. The maximum atomic E-state index is 11.5. The van der Waals surface area contributed by atoms with E-state index >= 15 is 0 Å². The van der Waals surface area contributed by atoms with Crippen molar-refractivity contribution in [1.29, 1.82) is 0 Å². The van der Waals surface area contributed by atoms with Gasteiger partial charge in [-0.15, -0.1) is 0 Å². The van der Waals surface area contributed by atoms with Crippen LogP contribution in [0.2, 0.25) is 0 Å². The summed E-state index contributed by atoms with van der Waals surface area (Å²) in [5.41, 5.74) is 1.90. The zero-order valence-electron chi connectivity index (χ0n) is 9.92. The molecule has 0 aliphatic rings. The molecule has 0 aliphatic carbocycles. The maximum Gasteiger partial charge on any atom is 0.355 e. The van der Waals surface area contributed by atoms with Crippen LogP contribution in [-0.4, -0.2) is 20.5 Å². The smallest absolute Gasteiger partial charge is 0.355 e. The minimum Gasteiger partial charge on any atom is -0.476 e. The second kappa shape index (κ2) is 4.24. The lowest BCUT2D eigenvalue weighted by molar-refractivity contribution is 0.0690. The molecule has 19 heavy (non-hydrogen) atoms. The highest BCUT2D eigenvalue weighted by molar-refractivity contribution is 9.10. The summed E-state index contributed by atoms with van der Waals surface area (Å²) in [4.78, 5) is 15.9. The molecule has 3 heterocycles. The van der Waals surface area contributed by atoms with Gasteiger partial charge in [-0.05, 0) is 46.6 Å². The molecule has 3 aromatic heterocycles. The predicted octanol–water partition coefficient (Wildman–Crippen LogP) is 3.36. The molecule has 0 radical (unpaired) electrons. The summed E-state index contributed by atoms with van der Waals surface area (Å²) in [7, 11) is 0. The molecule has 0 aromatic carbocycles. The molecule has 5 nitrogen and oxygen atoms in total. The largest absolute Gasteiger partial charge is 0.476 e. The number of furan rings is 1. The molecule has 0 amide bonds. The first kappa shape index (κ1) is 12.0. The lowest BCUT2D eigenvalue weighted by Gasteiger charge is -2.01. The van der Waals surface area contributed by atoms with E-state index < -0.39 is 5.97 Å². The van der Waals surface area contributed by atoms with E-state index in [1.807, 2.05) is 13.0 Å². The zero-order chi connectivity index (χ0) is 13.6. The number of hydrogen-bond donors (Lipinski definition) is 1.